The maximum absolute atomic E-state index is 11.9. The molecule has 0 saturated carbocycles. The molecule has 0 aliphatic rings. The summed E-state index contributed by atoms with van der Waals surface area (Å²) in [5.41, 5.74) is 3.79. The second kappa shape index (κ2) is 5.32. The Morgan fingerprint density at radius 3 is 2.95 bits per heavy atom. The van der Waals surface area contributed by atoms with E-state index in [1.54, 1.807) is 12.4 Å². The van der Waals surface area contributed by atoms with Gasteiger partial charge in [-0.05, 0) is 32.0 Å². The van der Waals surface area contributed by atoms with Crippen LogP contribution in [-0.2, 0) is 0 Å². The SMILES string of the molecule is CCNC(=O)c1cccc(-n2cnc3c(C)ncnc32)c1. The number of imidazole rings is 1. The molecule has 0 aliphatic heterocycles. The van der Waals surface area contributed by atoms with E-state index in [1.807, 2.05) is 36.6 Å². The van der Waals surface area contributed by atoms with Gasteiger partial charge >= 0.3 is 0 Å². The van der Waals surface area contributed by atoms with Gasteiger partial charge in [0.25, 0.3) is 5.91 Å². The monoisotopic (exact) mass is 281 g/mol. The minimum absolute atomic E-state index is 0.0884. The highest BCUT2D eigenvalue weighted by atomic mass is 16.1. The van der Waals surface area contributed by atoms with E-state index in [4.69, 9.17) is 0 Å². The maximum Gasteiger partial charge on any atom is 0.251 e. The molecule has 0 fully saturated rings. The normalized spacial score (nSPS) is 10.8. The highest BCUT2D eigenvalue weighted by Crippen LogP contribution is 2.18. The number of rotatable bonds is 3. The van der Waals surface area contributed by atoms with Crippen LogP contribution in [0, 0.1) is 6.92 Å². The van der Waals surface area contributed by atoms with Crippen molar-refractivity contribution in [3.05, 3.63) is 48.2 Å². The van der Waals surface area contributed by atoms with E-state index in [0.717, 1.165) is 22.5 Å². The lowest BCUT2D eigenvalue weighted by Gasteiger charge is -2.07. The molecule has 6 heteroatoms. The molecular weight excluding hydrogens is 266 g/mol. The summed E-state index contributed by atoms with van der Waals surface area (Å²) in [6.45, 7) is 4.39. The summed E-state index contributed by atoms with van der Waals surface area (Å²) >= 11 is 0. The van der Waals surface area contributed by atoms with E-state index >= 15 is 0 Å². The molecule has 0 unspecified atom stereocenters. The minimum Gasteiger partial charge on any atom is -0.352 e. The molecule has 0 saturated heterocycles. The summed E-state index contributed by atoms with van der Waals surface area (Å²) in [4.78, 5) is 24.7. The molecule has 0 atom stereocenters. The summed E-state index contributed by atoms with van der Waals surface area (Å²) in [5.74, 6) is -0.0884. The third kappa shape index (κ3) is 2.35. The molecule has 0 spiro atoms. The van der Waals surface area contributed by atoms with Gasteiger partial charge in [-0.25, -0.2) is 15.0 Å². The molecule has 2 aromatic heterocycles. The lowest BCUT2D eigenvalue weighted by atomic mass is 10.2. The molecule has 21 heavy (non-hydrogen) atoms. The Hall–Kier alpha value is -2.76. The van der Waals surface area contributed by atoms with Crippen LogP contribution in [0.3, 0.4) is 0 Å². The number of hydrogen-bond acceptors (Lipinski definition) is 4. The molecule has 2 heterocycles. The number of aromatic nitrogens is 4. The van der Waals surface area contributed by atoms with Gasteiger partial charge in [0.1, 0.15) is 18.2 Å². The summed E-state index contributed by atoms with van der Waals surface area (Å²) in [5, 5.41) is 2.79. The summed E-state index contributed by atoms with van der Waals surface area (Å²) in [7, 11) is 0. The molecule has 3 aromatic rings. The molecule has 1 amide bonds. The molecule has 1 N–H and O–H groups in total. The van der Waals surface area contributed by atoms with Gasteiger partial charge in [-0.1, -0.05) is 6.07 Å². The average molecular weight is 281 g/mol. The van der Waals surface area contributed by atoms with Gasteiger partial charge in [0, 0.05) is 17.8 Å². The first-order valence-electron chi connectivity index (χ1n) is 6.74. The van der Waals surface area contributed by atoms with E-state index in [-0.39, 0.29) is 5.91 Å². The average Bonchev–Trinajstić information content (AvgIpc) is 2.93. The second-order valence-corrected chi connectivity index (χ2v) is 4.66. The van der Waals surface area contributed by atoms with Gasteiger partial charge in [-0.15, -0.1) is 0 Å². The van der Waals surface area contributed by atoms with Crippen LogP contribution < -0.4 is 5.32 Å². The van der Waals surface area contributed by atoms with Gasteiger partial charge in [0.2, 0.25) is 0 Å². The number of carbonyl (C=O) groups is 1. The van der Waals surface area contributed by atoms with Gasteiger partial charge in [0.05, 0.1) is 5.69 Å². The van der Waals surface area contributed by atoms with Crippen molar-refractivity contribution in [3.8, 4) is 5.69 Å². The zero-order valence-corrected chi connectivity index (χ0v) is 11.9. The predicted molar refractivity (Wildman–Crippen MR) is 79.4 cm³/mol. The zero-order chi connectivity index (χ0) is 14.8. The van der Waals surface area contributed by atoms with Crippen molar-refractivity contribution in [1.29, 1.82) is 0 Å². The van der Waals surface area contributed by atoms with Crippen molar-refractivity contribution in [2.45, 2.75) is 13.8 Å². The first-order chi connectivity index (χ1) is 10.2. The van der Waals surface area contributed by atoms with Crippen LogP contribution in [0.5, 0.6) is 0 Å². The Morgan fingerprint density at radius 1 is 1.29 bits per heavy atom. The maximum atomic E-state index is 11.9. The highest BCUT2D eigenvalue weighted by molar-refractivity contribution is 5.94. The van der Waals surface area contributed by atoms with Crippen LogP contribution in [0.2, 0.25) is 0 Å². The van der Waals surface area contributed by atoms with E-state index in [0.29, 0.717) is 12.1 Å². The van der Waals surface area contributed by atoms with E-state index in [2.05, 4.69) is 20.3 Å². The molecule has 106 valence electrons. The van der Waals surface area contributed by atoms with Gasteiger partial charge in [-0.3, -0.25) is 9.36 Å². The van der Waals surface area contributed by atoms with Gasteiger partial charge in [0.15, 0.2) is 5.65 Å². The highest BCUT2D eigenvalue weighted by Gasteiger charge is 2.10. The number of nitrogens with one attached hydrogen (secondary N) is 1. The Labute approximate surface area is 121 Å². The fourth-order valence-electron chi connectivity index (χ4n) is 2.20. The van der Waals surface area contributed by atoms with Crippen molar-refractivity contribution >= 4 is 17.1 Å². The van der Waals surface area contributed by atoms with Crippen molar-refractivity contribution in [1.82, 2.24) is 24.8 Å². The number of aryl methyl sites for hydroxylation is 1. The van der Waals surface area contributed by atoms with Crippen molar-refractivity contribution in [3.63, 3.8) is 0 Å². The van der Waals surface area contributed by atoms with Crippen molar-refractivity contribution < 1.29 is 4.79 Å². The lowest BCUT2D eigenvalue weighted by molar-refractivity contribution is 0.0956. The number of carbonyl (C=O) groups excluding carboxylic acids is 1. The van der Waals surface area contributed by atoms with Crippen molar-refractivity contribution in [2.24, 2.45) is 0 Å². The van der Waals surface area contributed by atoms with Crippen LogP contribution in [-0.4, -0.2) is 32.0 Å². The minimum atomic E-state index is -0.0884. The van der Waals surface area contributed by atoms with E-state index in [1.165, 1.54) is 6.33 Å². The Kier molecular flexibility index (Phi) is 3.35. The second-order valence-electron chi connectivity index (χ2n) is 4.66. The molecule has 0 radical (unpaired) electrons. The van der Waals surface area contributed by atoms with E-state index < -0.39 is 0 Å². The van der Waals surface area contributed by atoms with E-state index in [9.17, 15) is 4.79 Å². The van der Waals surface area contributed by atoms with Crippen LogP contribution in [0.15, 0.2) is 36.9 Å². The molecule has 1 aromatic carbocycles. The van der Waals surface area contributed by atoms with Gasteiger partial charge in [-0.2, -0.15) is 0 Å². The molecule has 0 bridgehead atoms. The van der Waals surface area contributed by atoms with Crippen LogP contribution >= 0.6 is 0 Å². The third-order valence-electron chi connectivity index (χ3n) is 3.24. The topological polar surface area (TPSA) is 72.7 Å². The number of nitrogens with zero attached hydrogens (tertiary/aromatic N) is 4. The quantitative estimate of drug-likeness (QED) is 0.795. The smallest absolute Gasteiger partial charge is 0.251 e. The summed E-state index contributed by atoms with van der Waals surface area (Å²) in [6, 6.07) is 7.37. The number of amides is 1. The van der Waals surface area contributed by atoms with Crippen LogP contribution in [0.25, 0.3) is 16.9 Å². The summed E-state index contributed by atoms with van der Waals surface area (Å²) < 4.78 is 1.85. The largest absolute Gasteiger partial charge is 0.352 e. The first kappa shape index (κ1) is 13.2. The van der Waals surface area contributed by atoms with Crippen LogP contribution in [0.4, 0.5) is 0 Å². The standard InChI is InChI=1S/C15H15N5O/c1-3-16-15(21)11-5-4-6-12(7-11)20-9-19-13-10(2)17-8-18-14(13)20/h4-9H,3H2,1-2H3,(H,16,21). The fraction of sp³-hybridized carbons (Fsp3) is 0.200. The molecular formula is C15H15N5O. The number of hydrogen-bond donors (Lipinski definition) is 1. The first-order valence-corrected chi connectivity index (χ1v) is 6.74. The van der Waals surface area contributed by atoms with Crippen molar-refractivity contribution in [2.75, 3.05) is 6.54 Å². The van der Waals surface area contributed by atoms with Crippen LogP contribution in [0.1, 0.15) is 23.0 Å². The Balaban J connectivity index is 2.09. The fourth-order valence-corrected chi connectivity index (χ4v) is 2.20. The predicted octanol–water partition coefficient (Wildman–Crippen LogP) is 1.87. The number of benzene rings is 1. The molecule has 0 aliphatic carbocycles. The zero-order valence-electron chi connectivity index (χ0n) is 11.9. The molecule has 3 rings (SSSR count). The van der Waals surface area contributed by atoms with Gasteiger partial charge < -0.3 is 5.32 Å². The Bertz CT molecular complexity index is 809. The number of fused-ring (bicyclic) bond motifs is 1. The Morgan fingerprint density at radius 2 is 2.14 bits per heavy atom. The summed E-state index contributed by atoms with van der Waals surface area (Å²) in [6.07, 6.45) is 3.21. The third-order valence-corrected chi connectivity index (χ3v) is 3.24. The molecule has 6 nitrogen and oxygen atoms in total. The lowest BCUT2D eigenvalue weighted by Crippen LogP contribution is -2.22.